The van der Waals surface area contributed by atoms with Gasteiger partial charge in [-0.15, -0.1) is 0 Å². The summed E-state index contributed by atoms with van der Waals surface area (Å²) >= 11 is 0. The van der Waals surface area contributed by atoms with E-state index in [0.717, 1.165) is 5.56 Å². The third kappa shape index (κ3) is 6.79. The quantitative estimate of drug-likeness (QED) is 0.482. The lowest BCUT2D eigenvalue weighted by molar-refractivity contribution is -0.0191. The van der Waals surface area contributed by atoms with Crippen molar-refractivity contribution in [2.24, 2.45) is 0 Å². The highest BCUT2D eigenvalue weighted by Crippen LogP contribution is 2.28. The Kier molecular flexibility index (Phi) is 7.53. The Balaban J connectivity index is 1.80. The van der Waals surface area contributed by atoms with Crippen LogP contribution in [-0.4, -0.2) is 5.92 Å². The molecular formula is C21H22F3NO. The molecule has 0 aliphatic carbocycles. The molecule has 5 heteroatoms. The molecule has 0 aliphatic rings. The van der Waals surface area contributed by atoms with Crippen LogP contribution in [0, 0.1) is 17.1 Å². The molecule has 2 aromatic rings. The summed E-state index contributed by atoms with van der Waals surface area (Å²) in [6.07, 6.45) is 0.456. The maximum Gasteiger partial charge on any atom is 0.248 e. The minimum Gasteiger partial charge on any atom is -0.486 e. The Morgan fingerprint density at radius 2 is 1.69 bits per heavy atom. The molecule has 0 heterocycles. The highest BCUT2D eigenvalue weighted by molar-refractivity contribution is 5.30. The van der Waals surface area contributed by atoms with Crippen LogP contribution in [0.1, 0.15) is 43.2 Å². The molecule has 0 aromatic heterocycles. The van der Waals surface area contributed by atoms with Gasteiger partial charge in [0, 0.05) is 19.3 Å². The number of hydrogen-bond acceptors (Lipinski definition) is 2. The van der Waals surface area contributed by atoms with Crippen LogP contribution in [-0.2, 0) is 13.0 Å². The van der Waals surface area contributed by atoms with Gasteiger partial charge < -0.3 is 4.74 Å². The third-order valence-corrected chi connectivity index (χ3v) is 4.07. The van der Waals surface area contributed by atoms with E-state index in [4.69, 9.17) is 10.00 Å². The monoisotopic (exact) mass is 361 g/mol. The first-order chi connectivity index (χ1) is 12.5. The van der Waals surface area contributed by atoms with Crippen molar-refractivity contribution >= 4 is 0 Å². The highest BCUT2D eigenvalue weighted by Gasteiger charge is 2.27. The van der Waals surface area contributed by atoms with Crippen LogP contribution in [0.2, 0.25) is 0 Å². The van der Waals surface area contributed by atoms with Crippen LogP contribution < -0.4 is 4.74 Å². The molecule has 0 fully saturated rings. The van der Waals surface area contributed by atoms with Gasteiger partial charge in [0.2, 0.25) is 5.92 Å². The predicted octanol–water partition coefficient (Wildman–Crippen LogP) is 6.06. The molecule has 0 bridgehead atoms. The fourth-order valence-electron chi connectivity index (χ4n) is 2.65. The summed E-state index contributed by atoms with van der Waals surface area (Å²) in [5.74, 6) is -3.10. The van der Waals surface area contributed by atoms with Gasteiger partial charge in [0.05, 0.1) is 6.07 Å². The third-order valence-electron chi connectivity index (χ3n) is 4.07. The Hall–Kier alpha value is -2.48. The van der Waals surface area contributed by atoms with Crippen LogP contribution >= 0.6 is 0 Å². The smallest absolute Gasteiger partial charge is 0.248 e. The molecule has 0 amide bonds. The van der Waals surface area contributed by atoms with Gasteiger partial charge in [-0.2, -0.15) is 5.26 Å². The van der Waals surface area contributed by atoms with Crippen LogP contribution in [0.25, 0.3) is 0 Å². The van der Waals surface area contributed by atoms with E-state index < -0.39 is 11.7 Å². The Morgan fingerprint density at radius 3 is 2.38 bits per heavy atom. The lowest BCUT2D eigenvalue weighted by atomic mass is 10.0. The molecule has 0 atom stereocenters. The summed E-state index contributed by atoms with van der Waals surface area (Å²) in [7, 11) is 0. The molecule has 0 saturated heterocycles. The zero-order chi connectivity index (χ0) is 18.8. The van der Waals surface area contributed by atoms with Gasteiger partial charge in [-0.05, 0) is 42.5 Å². The average molecular weight is 361 g/mol. The first-order valence-corrected chi connectivity index (χ1v) is 8.70. The number of nitriles is 1. The Bertz CT molecular complexity index is 726. The lowest BCUT2D eigenvalue weighted by Crippen LogP contribution is -2.15. The van der Waals surface area contributed by atoms with E-state index in [1.807, 2.05) is 36.4 Å². The zero-order valence-corrected chi connectivity index (χ0v) is 14.6. The van der Waals surface area contributed by atoms with Crippen molar-refractivity contribution in [1.82, 2.24) is 0 Å². The molecule has 26 heavy (non-hydrogen) atoms. The normalized spacial score (nSPS) is 11.2. The first-order valence-electron chi connectivity index (χ1n) is 8.70. The Labute approximate surface area is 152 Å². The van der Waals surface area contributed by atoms with Crippen molar-refractivity contribution in [2.45, 2.75) is 51.1 Å². The maximum atomic E-state index is 14.1. The topological polar surface area (TPSA) is 33.0 Å². The fourth-order valence-corrected chi connectivity index (χ4v) is 2.65. The van der Waals surface area contributed by atoms with Crippen molar-refractivity contribution in [1.29, 1.82) is 5.26 Å². The van der Waals surface area contributed by atoms with Crippen LogP contribution in [0.15, 0.2) is 48.5 Å². The SMILES string of the molecule is N#CCCCC(F)(F)CCCc1ccc(OCc2ccccc2)c(F)c1. The minimum absolute atomic E-state index is 0.144. The molecule has 0 aliphatic heterocycles. The molecule has 138 valence electrons. The summed E-state index contributed by atoms with van der Waals surface area (Å²) in [6, 6.07) is 15.9. The van der Waals surface area contributed by atoms with Gasteiger partial charge in [0.1, 0.15) is 6.61 Å². The molecule has 2 aromatic carbocycles. The number of unbranched alkanes of at least 4 members (excludes halogenated alkanes) is 1. The number of rotatable bonds is 10. The lowest BCUT2D eigenvalue weighted by Gasteiger charge is -2.15. The molecule has 0 unspecified atom stereocenters. The van der Waals surface area contributed by atoms with Crippen LogP contribution in [0.5, 0.6) is 5.75 Å². The van der Waals surface area contributed by atoms with Crippen molar-refractivity contribution in [3.05, 3.63) is 65.5 Å². The average Bonchev–Trinajstić information content (AvgIpc) is 2.62. The van der Waals surface area contributed by atoms with Crippen LogP contribution in [0.4, 0.5) is 13.2 Å². The number of alkyl halides is 2. The van der Waals surface area contributed by atoms with Gasteiger partial charge >= 0.3 is 0 Å². The number of benzene rings is 2. The number of hydrogen-bond donors (Lipinski definition) is 0. The van der Waals surface area contributed by atoms with Crippen LogP contribution in [0.3, 0.4) is 0 Å². The summed E-state index contributed by atoms with van der Waals surface area (Å²) in [5, 5.41) is 8.40. The van der Waals surface area contributed by atoms with Crippen molar-refractivity contribution in [2.75, 3.05) is 0 Å². The van der Waals surface area contributed by atoms with E-state index in [1.54, 1.807) is 12.1 Å². The van der Waals surface area contributed by atoms with E-state index in [9.17, 15) is 13.2 Å². The number of halogens is 3. The zero-order valence-electron chi connectivity index (χ0n) is 14.6. The molecule has 0 radical (unpaired) electrons. The molecule has 0 N–H and O–H groups in total. The second-order valence-corrected chi connectivity index (χ2v) is 6.26. The maximum absolute atomic E-state index is 14.1. The second-order valence-electron chi connectivity index (χ2n) is 6.26. The first kappa shape index (κ1) is 19.8. The second kappa shape index (κ2) is 9.86. The summed E-state index contributed by atoms with van der Waals surface area (Å²) in [4.78, 5) is 0. The van der Waals surface area contributed by atoms with Crippen molar-refractivity contribution in [3.8, 4) is 11.8 Å². The van der Waals surface area contributed by atoms with Gasteiger partial charge in [-0.1, -0.05) is 36.4 Å². The summed E-state index contributed by atoms with van der Waals surface area (Å²) < 4.78 is 46.9. The molecular weight excluding hydrogens is 339 g/mol. The number of nitrogens with zero attached hydrogens (tertiary/aromatic N) is 1. The summed E-state index contributed by atoms with van der Waals surface area (Å²) in [5.41, 5.74) is 1.61. The number of ether oxygens (including phenoxy) is 1. The molecule has 2 nitrogen and oxygen atoms in total. The Morgan fingerprint density at radius 1 is 0.962 bits per heavy atom. The van der Waals surface area contributed by atoms with E-state index in [1.165, 1.54) is 6.07 Å². The minimum atomic E-state index is -2.77. The highest BCUT2D eigenvalue weighted by atomic mass is 19.3. The number of aryl methyl sites for hydroxylation is 1. The van der Waals surface area contributed by atoms with E-state index >= 15 is 0 Å². The molecule has 2 rings (SSSR count). The molecule has 0 saturated carbocycles. The fraction of sp³-hybridized carbons (Fsp3) is 0.381. The van der Waals surface area contributed by atoms with Gasteiger partial charge in [0.25, 0.3) is 0 Å². The largest absolute Gasteiger partial charge is 0.486 e. The molecule has 0 spiro atoms. The summed E-state index contributed by atoms with van der Waals surface area (Å²) in [6.45, 7) is 0.270. The standard InChI is InChI=1S/C21H22F3NO/c22-19-15-17(9-6-13-21(23,24)12-4-5-14-25)10-11-20(19)26-16-18-7-2-1-3-8-18/h1-3,7-8,10-11,15H,4-6,9,12-13,16H2. The van der Waals surface area contributed by atoms with Crippen molar-refractivity contribution in [3.63, 3.8) is 0 Å². The van der Waals surface area contributed by atoms with Gasteiger partial charge in [-0.3, -0.25) is 0 Å². The van der Waals surface area contributed by atoms with Gasteiger partial charge in [0.15, 0.2) is 11.6 Å². The predicted molar refractivity (Wildman–Crippen MR) is 94.5 cm³/mol. The van der Waals surface area contributed by atoms with Gasteiger partial charge in [-0.25, -0.2) is 13.2 Å². The van der Waals surface area contributed by atoms with E-state index in [-0.39, 0.29) is 44.5 Å². The van der Waals surface area contributed by atoms with E-state index in [2.05, 4.69) is 0 Å². The van der Waals surface area contributed by atoms with E-state index in [0.29, 0.717) is 12.0 Å². The van der Waals surface area contributed by atoms with Crippen molar-refractivity contribution < 1.29 is 17.9 Å².